The van der Waals surface area contributed by atoms with Crippen molar-refractivity contribution in [3.05, 3.63) is 83.4 Å². The second-order valence-corrected chi connectivity index (χ2v) is 4.49. The Bertz CT molecular complexity index is 710. The maximum atomic E-state index is 11.8. The number of nitrogens with zero attached hydrogens (tertiary/aromatic N) is 1. The maximum Gasteiger partial charge on any atom is 0.349 e. The van der Waals surface area contributed by atoms with Gasteiger partial charge in [0.05, 0.1) is 0 Å². The normalized spacial score (nSPS) is 11.1. The Morgan fingerprint density at radius 1 is 1.00 bits per heavy atom. The number of rotatable bonds is 5. The van der Waals surface area contributed by atoms with Crippen LogP contribution in [-0.2, 0) is 9.53 Å². The predicted molar refractivity (Wildman–Crippen MR) is 86.5 cm³/mol. The highest BCUT2D eigenvalue weighted by atomic mass is 16.5. The monoisotopic (exact) mass is 289 g/mol. The first-order valence-corrected chi connectivity index (χ1v) is 6.85. The molecule has 0 aliphatic rings. The Labute approximate surface area is 129 Å². The minimum Gasteiger partial charge on any atom is -0.457 e. The first kappa shape index (κ1) is 15.3. The van der Waals surface area contributed by atoms with Crippen LogP contribution in [-0.4, -0.2) is 12.6 Å². The molecule has 2 rings (SSSR count). The minimum absolute atomic E-state index is 0.0145. The summed E-state index contributed by atoms with van der Waals surface area (Å²) in [6, 6.07) is 20.8. The van der Waals surface area contributed by atoms with Gasteiger partial charge in [-0.3, -0.25) is 0 Å². The molecule has 0 heterocycles. The van der Waals surface area contributed by atoms with E-state index in [0.29, 0.717) is 0 Å². The third kappa shape index (κ3) is 4.77. The summed E-state index contributed by atoms with van der Waals surface area (Å²) in [5.74, 6) is -0.621. The summed E-state index contributed by atoms with van der Waals surface area (Å²) in [5.41, 5.74) is 1.80. The van der Waals surface area contributed by atoms with Crippen molar-refractivity contribution in [1.82, 2.24) is 0 Å². The summed E-state index contributed by atoms with van der Waals surface area (Å²) in [7, 11) is 0. The molecule has 108 valence electrons. The molecule has 0 N–H and O–H groups in total. The molecule has 0 atom stereocenters. The van der Waals surface area contributed by atoms with Crippen molar-refractivity contribution in [3.63, 3.8) is 0 Å². The molecule has 3 heteroatoms. The zero-order valence-corrected chi connectivity index (χ0v) is 12.0. The van der Waals surface area contributed by atoms with Crippen LogP contribution in [0.15, 0.2) is 72.3 Å². The SMILES string of the molecule is N#C/C(=C\c1ccccc1)C(=O)OC/C=C/c1ccccc1. The highest BCUT2D eigenvalue weighted by molar-refractivity contribution is 5.97. The van der Waals surface area contributed by atoms with Crippen LogP contribution in [0.4, 0.5) is 0 Å². The summed E-state index contributed by atoms with van der Waals surface area (Å²) in [4.78, 5) is 11.8. The lowest BCUT2D eigenvalue weighted by Gasteiger charge is -2.00. The van der Waals surface area contributed by atoms with E-state index in [2.05, 4.69) is 0 Å². The second-order valence-electron chi connectivity index (χ2n) is 4.49. The van der Waals surface area contributed by atoms with E-state index in [1.54, 1.807) is 6.08 Å². The van der Waals surface area contributed by atoms with E-state index < -0.39 is 5.97 Å². The van der Waals surface area contributed by atoms with Crippen molar-refractivity contribution < 1.29 is 9.53 Å². The molecule has 0 fully saturated rings. The number of esters is 1. The van der Waals surface area contributed by atoms with Gasteiger partial charge in [0.15, 0.2) is 0 Å². The fraction of sp³-hybridized carbons (Fsp3) is 0.0526. The number of carbonyl (C=O) groups is 1. The quantitative estimate of drug-likeness (QED) is 0.477. The van der Waals surface area contributed by atoms with Crippen molar-refractivity contribution in [2.45, 2.75) is 0 Å². The molecule has 3 nitrogen and oxygen atoms in total. The van der Waals surface area contributed by atoms with Gasteiger partial charge in [-0.15, -0.1) is 0 Å². The van der Waals surface area contributed by atoms with E-state index in [4.69, 9.17) is 10.00 Å². The van der Waals surface area contributed by atoms with Gasteiger partial charge >= 0.3 is 5.97 Å². The molecule has 0 bridgehead atoms. The first-order valence-electron chi connectivity index (χ1n) is 6.85. The molecule has 0 amide bonds. The molecule has 0 aromatic heterocycles. The van der Waals surface area contributed by atoms with Gasteiger partial charge in [-0.2, -0.15) is 5.26 Å². The van der Waals surface area contributed by atoms with Gasteiger partial charge < -0.3 is 4.74 Å². The highest BCUT2D eigenvalue weighted by Gasteiger charge is 2.09. The third-order valence-corrected chi connectivity index (χ3v) is 2.87. The van der Waals surface area contributed by atoms with E-state index in [-0.39, 0.29) is 12.2 Å². The van der Waals surface area contributed by atoms with Gasteiger partial charge in [0.1, 0.15) is 18.2 Å². The van der Waals surface area contributed by atoms with Gasteiger partial charge in [-0.25, -0.2) is 4.79 Å². The van der Waals surface area contributed by atoms with Crippen LogP contribution in [0.1, 0.15) is 11.1 Å². The Kier molecular flexibility index (Phi) is 5.71. The molecule has 2 aromatic rings. The van der Waals surface area contributed by atoms with E-state index in [1.807, 2.05) is 72.8 Å². The van der Waals surface area contributed by atoms with Crippen molar-refractivity contribution in [3.8, 4) is 6.07 Å². The van der Waals surface area contributed by atoms with Crippen LogP contribution in [0, 0.1) is 11.3 Å². The third-order valence-electron chi connectivity index (χ3n) is 2.87. The number of hydrogen-bond donors (Lipinski definition) is 0. The van der Waals surface area contributed by atoms with Crippen LogP contribution in [0.2, 0.25) is 0 Å². The Morgan fingerprint density at radius 3 is 2.18 bits per heavy atom. The smallest absolute Gasteiger partial charge is 0.349 e. The molecule has 0 aliphatic carbocycles. The zero-order chi connectivity index (χ0) is 15.6. The highest BCUT2D eigenvalue weighted by Crippen LogP contribution is 2.08. The topological polar surface area (TPSA) is 50.1 Å². The fourth-order valence-corrected chi connectivity index (χ4v) is 1.80. The summed E-state index contributed by atoms with van der Waals surface area (Å²) in [6.07, 6.45) is 5.12. The second kappa shape index (κ2) is 8.23. The fourth-order valence-electron chi connectivity index (χ4n) is 1.80. The van der Waals surface area contributed by atoms with E-state index in [1.165, 1.54) is 6.08 Å². The predicted octanol–water partition coefficient (Wildman–Crippen LogP) is 3.85. The molecule has 0 radical (unpaired) electrons. The number of benzene rings is 2. The van der Waals surface area contributed by atoms with Crippen LogP contribution in [0.25, 0.3) is 12.2 Å². The van der Waals surface area contributed by atoms with E-state index in [0.717, 1.165) is 11.1 Å². The largest absolute Gasteiger partial charge is 0.457 e. The van der Waals surface area contributed by atoms with Gasteiger partial charge in [0, 0.05) is 0 Å². The Hall–Kier alpha value is -3.12. The van der Waals surface area contributed by atoms with Crippen molar-refractivity contribution in [2.75, 3.05) is 6.61 Å². The van der Waals surface area contributed by atoms with Crippen molar-refractivity contribution in [1.29, 1.82) is 5.26 Å². The summed E-state index contributed by atoms with van der Waals surface area (Å²) >= 11 is 0. The average Bonchev–Trinajstić information content (AvgIpc) is 2.58. The van der Waals surface area contributed by atoms with Crippen LogP contribution in [0.5, 0.6) is 0 Å². The lowest BCUT2D eigenvalue weighted by molar-refractivity contribution is -0.137. The molecular formula is C19H15NO2. The van der Waals surface area contributed by atoms with Gasteiger partial charge in [0.2, 0.25) is 0 Å². The van der Waals surface area contributed by atoms with E-state index in [9.17, 15) is 4.79 Å². The van der Waals surface area contributed by atoms with Crippen molar-refractivity contribution >= 4 is 18.1 Å². The number of hydrogen-bond acceptors (Lipinski definition) is 3. The number of nitriles is 1. The lowest BCUT2D eigenvalue weighted by Crippen LogP contribution is -2.06. The van der Waals surface area contributed by atoms with Gasteiger partial charge in [-0.1, -0.05) is 66.7 Å². The zero-order valence-electron chi connectivity index (χ0n) is 12.0. The lowest BCUT2D eigenvalue weighted by atomic mass is 10.1. The molecule has 0 spiro atoms. The molecule has 2 aromatic carbocycles. The van der Waals surface area contributed by atoms with Crippen LogP contribution < -0.4 is 0 Å². The first-order chi connectivity index (χ1) is 10.8. The number of ether oxygens (including phenoxy) is 1. The molecule has 0 saturated carbocycles. The van der Waals surface area contributed by atoms with Crippen LogP contribution >= 0.6 is 0 Å². The standard InChI is InChI=1S/C19H15NO2/c20-15-18(14-17-10-5-2-6-11-17)19(21)22-13-7-12-16-8-3-1-4-9-16/h1-12,14H,13H2/b12-7+,18-14+. The average molecular weight is 289 g/mol. The Balaban J connectivity index is 1.92. The molecule has 0 saturated heterocycles. The van der Waals surface area contributed by atoms with Gasteiger partial charge in [-0.05, 0) is 23.3 Å². The molecule has 22 heavy (non-hydrogen) atoms. The summed E-state index contributed by atoms with van der Waals surface area (Å²) in [5, 5.41) is 9.06. The maximum absolute atomic E-state index is 11.8. The molecule has 0 unspecified atom stereocenters. The minimum atomic E-state index is -0.621. The molecule has 0 aliphatic heterocycles. The summed E-state index contributed by atoms with van der Waals surface area (Å²) in [6.45, 7) is 0.127. The van der Waals surface area contributed by atoms with Crippen molar-refractivity contribution in [2.24, 2.45) is 0 Å². The molecular weight excluding hydrogens is 274 g/mol. The Morgan fingerprint density at radius 2 is 1.59 bits per heavy atom. The van der Waals surface area contributed by atoms with Gasteiger partial charge in [0.25, 0.3) is 0 Å². The summed E-state index contributed by atoms with van der Waals surface area (Å²) < 4.78 is 5.07. The van der Waals surface area contributed by atoms with E-state index >= 15 is 0 Å². The van der Waals surface area contributed by atoms with Crippen LogP contribution in [0.3, 0.4) is 0 Å². The number of carbonyl (C=O) groups excluding carboxylic acids is 1.